The smallest absolute Gasteiger partial charge is 0.407 e. The highest BCUT2D eigenvalue weighted by Gasteiger charge is 2.17. The standard InChI is InChI=1S/C27H24N4O2/c1-18-9-12-28-24(15-18)29-25-17-21-5-2-3-8-23(21)26(30-25)22-7-4-6-20(16-22)19-10-13-31(14-11-19)27(32)33/h2-10,12,15-17H,11,13-14H2,1H3,(H,32,33)(H,28,29,30). The molecule has 2 N–H and O–H groups in total. The van der Waals surface area contributed by atoms with Crippen LogP contribution in [0.5, 0.6) is 0 Å². The average Bonchev–Trinajstić information content (AvgIpc) is 2.84. The number of aromatic nitrogens is 2. The lowest BCUT2D eigenvalue weighted by atomic mass is 9.95. The van der Waals surface area contributed by atoms with Crippen molar-refractivity contribution in [2.45, 2.75) is 13.3 Å². The van der Waals surface area contributed by atoms with Crippen molar-refractivity contribution in [3.05, 3.63) is 90.1 Å². The molecule has 0 unspecified atom stereocenters. The van der Waals surface area contributed by atoms with Gasteiger partial charge in [0.2, 0.25) is 0 Å². The van der Waals surface area contributed by atoms with Gasteiger partial charge in [-0.2, -0.15) is 0 Å². The van der Waals surface area contributed by atoms with E-state index in [1.807, 2.05) is 49.4 Å². The maximum Gasteiger partial charge on any atom is 0.407 e. The van der Waals surface area contributed by atoms with Gasteiger partial charge in [-0.1, -0.05) is 48.5 Å². The third-order valence-corrected chi connectivity index (χ3v) is 5.90. The molecule has 0 atom stereocenters. The molecule has 6 nitrogen and oxygen atoms in total. The maximum atomic E-state index is 11.2. The average molecular weight is 437 g/mol. The largest absolute Gasteiger partial charge is 0.465 e. The van der Waals surface area contributed by atoms with E-state index < -0.39 is 6.09 Å². The molecular weight excluding hydrogens is 412 g/mol. The minimum atomic E-state index is -0.873. The van der Waals surface area contributed by atoms with Gasteiger partial charge in [-0.15, -0.1) is 0 Å². The van der Waals surface area contributed by atoms with Gasteiger partial charge in [-0.05, 0) is 59.7 Å². The molecule has 0 fully saturated rings. The minimum absolute atomic E-state index is 0.416. The first-order chi connectivity index (χ1) is 16.1. The number of nitrogens with one attached hydrogen (secondary N) is 1. The Hall–Kier alpha value is -4.19. The Morgan fingerprint density at radius 3 is 2.64 bits per heavy atom. The molecule has 0 bridgehead atoms. The van der Waals surface area contributed by atoms with Crippen molar-refractivity contribution in [1.82, 2.24) is 14.9 Å². The van der Waals surface area contributed by atoms with Crippen LogP contribution in [0.2, 0.25) is 0 Å². The number of hydrogen-bond acceptors (Lipinski definition) is 4. The lowest BCUT2D eigenvalue weighted by molar-refractivity contribution is 0.150. The molecule has 0 aliphatic carbocycles. The monoisotopic (exact) mass is 436 g/mol. The maximum absolute atomic E-state index is 11.2. The molecule has 6 heteroatoms. The highest BCUT2D eigenvalue weighted by molar-refractivity contribution is 5.97. The topological polar surface area (TPSA) is 78.4 Å². The highest BCUT2D eigenvalue weighted by atomic mass is 16.4. The van der Waals surface area contributed by atoms with Gasteiger partial charge in [0, 0.05) is 30.2 Å². The van der Waals surface area contributed by atoms with Crippen LogP contribution in [0.3, 0.4) is 0 Å². The summed E-state index contributed by atoms with van der Waals surface area (Å²) in [5.41, 5.74) is 5.31. The van der Waals surface area contributed by atoms with Crippen molar-refractivity contribution < 1.29 is 9.90 Å². The molecule has 1 aliphatic rings. The molecule has 0 spiro atoms. The second-order valence-corrected chi connectivity index (χ2v) is 8.21. The first-order valence-electron chi connectivity index (χ1n) is 10.9. The van der Waals surface area contributed by atoms with E-state index in [9.17, 15) is 9.90 Å². The van der Waals surface area contributed by atoms with Crippen molar-refractivity contribution in [3.8, 4) is 11.3 Å². The first kappa shape index (κ1) is 20.7. The fourth-order valence-electron chi connectivity index (χ4n) is 4.19. The SMILES string of the molecule is Cc1ccnc(Nc2cc3ccccc3c(-c3cccc(C4=CCN(C(=O)O)CC4)c3)n2)c1. The molecule has 0 saturated carbocycles. The summed E-state index contributed by atoms with van der Waals surface area (Å²) in [4.78, 5) is 22.0. The van der Waals surface area contributed by atoms with E-state index >= 15 is 0 Å². The number of pyridine rings is 2. The van der Waals surface area contributed by atoms with Crippen LogP contribution in [-0.2, 0) is 0 Å². The Morgan fingerprint density at radius 1 is 1.00 bits per heavy atom. The van der Waals surface area contributed by atoms with Crippen molar-refractivity contribution in [2.75, 3.05) is 18.4 Å². The number of hydrogen-bond donors (Lipinski definition) is 2. The lowest BCUT2D eigenvalue weighted by Gasteiger charge is -2.24. The number of nitrogens with zero attached hydrogens (tertiary/aromatic N) is 3. The summed E-state index contributed by atoms with van der Waals surface area (Å²) < 4.78 is 0. The van der Waals surface area contributed by atoms with Crippen LogP contribution in [0.4, 0.5) is 16.4 Å². The summed E-state index contributed by atoms with van der Waals surface area (Å²) in [5.74, 6) is 1.49. The van der Waals surface area contributed by atoms with Crippen LogP contribution < -0.4 is 5.32 Å². The fourth-order valence-corrected chi connectivity index (χ4v) is 4.19. The van der Waals surface area contributed by atoms with E-state index in [0.29, 0.717) is 19.5 Å². The Morgan fingerprint density at radius 2 is 1.85 bits per heavy atom. The number of rotatable bonds is 4. The quantitative estimate of drug-likeness (QED) is 0.403. The van der Waals surface area contributed by atoms with Gasteiger partial charge in [0.05, 0.1) is 5.69 Å². The van der Waals surface area contributed by atoms with Crippen LogP contribution >= 0.6 is 0 Å². The number of carboxylic acid groups (broad SMARTS) is 1. The molecule has 0 saturated heterocycles. The molecule has 1 amide bonds. The van der Waals surface area contributed by atoms with Gasteiger partial charge < -0.3 is 15.3 Å². The van der Waals surface area contributed by atoms with Crippen molar-refractivity contribution >= 4 is 34.1 Å². The molecular formula is C27H24N4O2. The minimum Gasteiger partial charge on any atom is -0.465 e. The number of benzene rings is 2. The lowest BCUT2D eigenvalue weighted by Crippen LogP contribution is -2.33. The number of fused-ring (bicyclic) bond motifs is 1. The molecule has 33 heavy (non-hydrogen) atoms. The van der Waals surface area contributed by atoms with E-state index in [1.165, 1.54) is 4.90 Å². The van der Waals surface area contributed by atoms with Crippen molar-refractivity contribution in [3.63, 3.8) is 0 Å². The summed E-state index contributed by atoms with van der Waals surface area (Å²) in [6.45, 7) is 2.96. The second-order valence-electron chi connectivity index (χ2n) is 8.21. The zero-order valence-corrected chi connectivity index (χ0v) is 18.3. The zero-order valence-electron chi connectivity index (χ0n) is 18.3. The highest BCUT2D eigenvalue weighted by Crippen LogP contribution is 2.32. The summed E-state index contributed by atoms with van der Waals surface area (Å²) in [6.07, 6.45) is 3.61. The van der Waals surface area contributed by atoms with E-state index in [0.717, 1.165) is 50.4 Å². The van der Waals surface area contributed by atoms with Gasteiger partial charge in [0.25, 0.3) is 0 Å². The van der Waals surface area contributed by atoms with E-state index in [1.54, 1.807) is 6.20 Å². The summed E-state index contributed by atoms with van der Waals surface area (Å²) in [6, 6.07) is 22.5. The van der Waals surface area contributed by atoms with Gasteiger partial charge >= 0.3 is 6.09 Å². The van der Waals surface area contributed by atoms with Crippen LogP contribution in [-0.4, -0.2) is 39.2 Å². The van der Waals surface area contributed by atoms with Crippen LogP contribution in [0.25, 0.3) is 27.6 Å². The molecule has 5 rings (SSSR count). The Kier molecular flexibility index (Phi) is 5.48. The van der Waals surface area contributed by atoms with Gasteiger partial charge in [0.1, 0.15) is 11.6 Å². The molecule has 0 radical (unpaired) electrons. The Bertz CT molecular complexity index is 1380. The third-order valence-electron chi connectivity index (χ3n) is 5.90. The first-order valence-corrected chi connectivity index (χ1v) is 10.9. The predicted molar refractivity (Wildman–Crippen MR) is 132 cm³/mol. The number of carbonyl (C=O) groups is 1. The normalized spacial score (nSPS) is 13.6. The van der Waals surface area contributed by atoms with Gasteiger partial charge in [-0.25, -0.2) is 14.8 Å². The summed E-state index contributed by atoms with van der Waals surface area (Å²) in [5, 5.41) is 14.7. The fraction of sp³-hybridized carbons (Fsp3) is 0.148. The number of aryl methyl sites for hydroxylation is 1. The molecule has 4 aromatic rings. The van der Waals surface area contributed by atoms with Crippen LogP contribution in [0.15, 0.2) is 79.0 Å². The van der Waals surface area contributed by atoms with E-state index in [2.05, 4.69) is 40.6 Å². The summed E-state index contributed by atoms with van der Waals surface area (Å²) >= 11 is 0. The third kappa shape index (κ3) is 4.41. The van der Waals surface area contributed by atoms with Gasteiger partial charge in [0.15, 0.2) is 0 Å². The van der Waals surface area contributed by atoms with Crippen molar-refractivity contribution in [2.24, 2.45) is 0 Å². The Balaban J connectivity index is 1.54. The zero-order chi connectivity index (χ0) is 22.8. The molecule has 3 heterocycles. The molecule has 1 aliphatic heterocycles. The summed E-state index contributed by atoms with van der Waals surface area (Å²) in [7, 11) is 0. The molecule has 164 valence electrons. The second kappa shape index (κ2) is 8.74. The molecule has 2 aromatic carbocycles. The van der Waals surface area contributed by atoms with Crippen LogP contribution in [0, 0.1) is 6.92 Å². The van der Waals surface area contributed by atoms with E-state index in [4.69, 9.17) is 4.98 Å². The van der Waals surface area contributed by atoms with Crippen LogP contribution in [0.1, 0.15) is 17.5 Å². The van der Waals surface area contributed by atoms with E-state index in [-0.39, 0.29) is 0 Å². The molecule has 2 aromatic heterocycles. The number of anilines is 2. The predicted octanol–water partition coefficient (Wildman–Crippen LogP) is 6.12. The van der Waals surface area contributed by atoms with Gasteiger partial charge in [-0.3, -0.25) is 0 Å². The number of amides is 1. The Labute approximate surface area is 192 Å². The van der Waals surface area contributed by atoms with Crippen molar-refractivity contribution in [1.29, 1.82) is 0 Å².